The van der Waals surface area contributed by atoms with E-state index in [9.17, 15) is 4.79 Å². The Bertz CT molecular complexity index is 269. The first-order chi connectivity index (χ1) is 8.15. The first-order valence-corrected chi connectivity index (χ1v) is 6.94. The predicted octanol–water partition coefficient (Wildman–Crippen LogP) is 2.46. The van der Waals surface area contributed by atoms with E-state index in [2.05, 4.69) is 0 Å². The van der Waals surface area contributed by atoms with Gasteiger partial charge in [-0.3, -0.25) is 4.79 Å². The van der Waals surface area contributed by atoms with E-state index in [1.54, 1.807) is 6.92 Å². The number of aliphatic hydroxyl groups excluding tert-OH is 1. The molecule has 2 aliphatic rings. The summed E-state index contributed by atoms with van der Waals surface area (Å²) in [6.07, 6.45) is 8.88. The van der Waals surface area contributed by atoms with Crippen LogP contribution in [0.1, 0.15) is 58.3 Å². The molecule has 1 aliphatic heterocycles. The number of ether oxygens (including phenoxy) is 1. The van der Waals surface area contributed by atoms with Gasteiger partial charge < -0.3 is 9.84 Å². The minimum Gasteiger partial charge on any atom is -0.396 e. The topological polar surface area (TPSA) is 46.5 Å². The van der Waals surface area contributed by atoms with Crippen LogP contribution in [0.4, 0.5) is 0 Å². The molecular weight excluding hydrogens is 216 g/mol. The Labute approximate surface area is 104 Å². The lowest BCUT2D eigenvalue weighted by molar-refractivity contribution is -0.123. The summed E-state index contributed by atoms with van der Waals surface area (Å²) < 4.78 is 6.20. The fourth-order valence-electron chi connectivity index (χ4n) is 3.41. The second-order valence-corrected chi connectivity index (χ2v) is 5.72. The molecule has 2 atom stereocenters. The highest BCUT2D eigenvalue weighted by Gasteiger charge is 2.42. The zero-order valence-electron chi connectivity index (χ0n) is 10.8. The lowest BCUT2D eigenvalue weighted by Crippen LogP contribution is -2.27. The zero-order valence-corrected chi connectivity index (χ0v) is 10.8. The van der Waals surface area contributed by atoms with Gasteiger partial charge in [-0.25, -0.2) is 0 Å². The Hall–Kier alpha value is -0.410. The van der Waals surface area contributed by atoms with Gasteiger partial charge in [0.05, 0.1) is 11.7 Å². The fraction of sp³-hybridized carbons (Fsp3) is 0.929. The van der Waals surface area contributed by atoms with Crippen molar-refractivity contribution in [2.75, 3.05) is 6.61 Å². The van der Waals surface area contributed by atoms with Crippen LogP contribution in [0, 0.1) is 5.92 Å². The molecule has 0 aromatic carbocycles. The zero-order chi connectivity index (χ0) is 12.3. The van der Waals surface area contributed by atoms with Gasteiger partial charge in [0.2, 0.25) is 0 Å². The van der Waals surface area contributed by atoms with E-state index >= 15 is 0 Å². The van der Waals surface area contributed by atoms with Gasteiger partial charge in [0.15, 0.2) is 0 Å². The van der Waals surface area contributed by atoms with Gasteiger partial charge in [-0.1, -0.05) is 12.8 Å². The summed E-state index contributed by atoms with van der Waals surface area (Å²) in [5.41, 5.74) is 0.158. The Morgan fingerprint density at radius 1 is 1.41 bits per heavy atom. The predicted molar refractivity (Wildman–Crippen MR) is 65.8 cm³/mol. The number of Topliss-reactive ketones (excluding diaryl/α,β-unsaturated/α-hetero) is 1. The molecule has 1 aliphatic carbocycles. The van der Waals surface area contributed by atoms with Crippen LogP contribution in [0.3, 0.4) is 0 Å². The van der Waals surface area contributed by atoms with E-state index in [4.69, 9.17) is 9.84 Å². The van der Waals surface area contributed by atoms with Gasteiger partial charge in [0, 0.05) is 12.5 Å². The molecule has 1 saturated carbocycles. The number of carbonyl (C=O) groups is 1. The van der Waals surface area contributed by atoms with E-state index in [0.29, 0.717) is 6.42 Å². The molecule has 2 fully saturated rings. The standard InChI is InChI=1S/C14H24O3/c1-11(16)12(5-9-15)10-13-4-8-14(17-13)6-2-3-7-14/h12-13,15H,2-10H2,1H3. The van der Waals surface area contributed by atoms with Crippen molar-refractivity contribution in [1.29, 1.82) is 0 Å². The van der Waals surface area contributed by atoms with Crippen molar-refractivity contribution < 1.29 is 14.6 Å². The van der Waals surface area contributed by atoms with Crippen LogP contribution in [-0.2, 0) is 9.53 Å². The third-order valence-corrected chi connectivity index (χ3v) is 4.45. The molecule has 17 heavy (non-hydrogen) atoms. The minimum absolute atomic E-state index is 0.0125. The molecule has 2 rings (SSSR count). The van der Waals surface area contributed by atoms with Gasteiger partial charge in [-0.05, 0) is 45.4 Å². The molecule has 1 spiro atoms. The lowest BCUT2D eigenvalue weighted by atomic mass is 9.92. The number of ketones is 1. The molecule has 3 heteroatoms. The van der Waals surface area contributed by atoms with E-state index < -0.39 is 0 Å². The quantitative estimate of drug-likeness (QED) is 0.803. The number of rotatable bonds is 5. The van der Waals surface area contributed by atoms with E-state index in [1.165, 1.54) is 32.1 Å². The molecule has 0 bridgehead atoms. The second-order valence-electron chi connectivity index (χ2n) is 5.72. The molecule has 0 aromatic rings. The molecule has 3 nitrogen and oxygen atoms in total. The number of aliphatic hydroxyl groups is 1. The number of hydrogen-bond acceptors (Lipinski definition) is 3. The largest absolute Gasteiger partial charge is 0.396 e. The molecule has 0 amide bonds. The molecule has 0 radical (unpaired) electrons. The van der Waals surface area contributed by atoms with Crippen molar-refractivity contribution in [2.24, 2.45) is 5.92 Å². The number of carbonyl (C=O) groups excluding carboxylic acids is 1. The molecular formula is C14H24O3. The maximum absolute atomic E-state index is 11.5. The Morgan fingerprint density at radius 3 is 2.71 bits per heavy atom. The van der Waals surface area contributed by atoms with Gasteiger partial charge >= 0.3 is 0 Å². The van der Waals surface area contributed by atoms with E-state index in [-0.39, 0.29) is 30.0 Å². The summed E-state index contributed by atoms with van der Waals surface area (Å²) in [7, 11) is 0. The van der Waals surface area contributed by atoms with E-state index in [0.717, 1.165) is 12.8 Å². The van der Waals surface area contributed by atoms with Crippen molar-refractivity contribution in [3.63, 3.8) is 0 Å². The average molecular weight is 240 g/mol. The van der Waals surface area contributed by atoms with Gasteiger partial charge in [0.25, 0.3) is 0 Å². The van der Waals surface area contributed by atoms with Crippen molar-refractivity contribution in [3.8, 4) is 0 Å². The maximum atomic E-state index is 11.5. The SMILES string of the molecule is CC(=O)C(CCO)CC1CCC2(CCCC2)O1. The lowest BCUT2D eigenvalue weighted by Gasteiger charge is -2.25. The molecule has 1 N–H and O–H groups in total. The highest BCUT2D eigenvalue weighted by Crippen LogP contribution is 2.44. The van der Waals surface area contributed by atoms with Gasteiger partial charge in [0.1, 0.15) is 5.78 Å². The normalized spacial score (nSPS) is 28.7. The maximum Gasteiger partial charge on any atom is 0.133 e. The second kappa shape index (κ2) is 5.49. The van der Waals surface area contributed by atoms with Gasteiger partial charge in [-0.2, -0.15) is 0 Å². The molecule has 1 heterocycles. The summed E-state index contributed by atoms with van der Waals surface area (Å²) in [6, 6.07) is 0. The highest BCUT2D eigenvalue weighted by molar-refractivity contribution is 5.78. The van der Waals surface area contributed by atoms with Crippen LogP contribution in [0.2, 0.25) is 0 Å². The molecule has 1 saturated heterocycles. The summed E-state index contributed by atoms with van der Waals surface area (Å²) in [6.45, 7) is 1.72. The summed E-state index contributed by atoms with van der Waals surface area (Å²) >= 11 is 0. The number of hydrogen-bond donors (Lipinski definition) is 1. The summed E-state index contributed by atoms with van der Waals surface area (Å²) in [5.74, 6) is 0.177. The average Bonchev–Trinajstić information content (AvgIpc) is 2.89. The fourth-order valence-corrected chi connectivity index (χ4v) is 3.41. The van der Waals surface area contributed by atoms with Crippen LogP contribution >= 0.6 is 0 Å². The van der Waals surface area contributed by atoms with Crippen molar-refractivity contribution in [2.45, 2.75) is 70.0 Å². The monoisotopic (exact) mass is 240 g/mol. The van der Waals surface area contributed by atoms with Crippen LogP contribution < -0.4 is 0 Å². The summed E-state index contributed by atoms with van der Waals surface area (Å²) in [5, 5.41) is 8.97. The Morgan fingerprint density at radius 2 is 2.12 bits per heavy atom. The smallest absolute Gasteiger partial charge is 0.133 e. The van der Waals surface area contributed by atoms with Crippen molar-refractivity contribution in [3.05, 3.63) is 0 Å². The minimum atomic E-state index is -0.0125. The van der Waals surface area contributed by atoms with Crippen LogP contribution in [0.25, 0.3) is 0 Å². The van der Waals surface area contributed by atoms with E-state index in [1.807, 2.05) is 0 Å². The van der Waals surface area contributed by atoms with Crippen LogP contribution in [0.15, 0.2) is 0 Å². The van der Waals surface area contributed by atoms with Crippen LogP contribution in [-0.4, -0.2) is 29.2 Å². The third-order valence-electron chi connectivity index (χ3n) is 4.45. The molecule has 0 aromatic heterocycles. The third kappa shape index (κ3) is 3.08. The first-order valence-electron chi connectivity index (χ1n) is 6.94. The highest BCUT2D eigenvalue weighted by atomic mass is 16.5. The van der Waals surface area contributed by atoms with Crippen LogP contribution in [0.5, 0.6) is 0 Å². The summed E-state index contributed by atoms with van der Waals surface area (Å²) in [4.78, 5) is 11.5. The van der Waals surface area contributed by atoms with Gasteiger partial charge in [-0.15, -0.1) is 0 Å². The molecule has 2 unspecified atom stereocenters. The Balaban J connectivity index is 1.85. The molecule has 98 valence electrons. The Kier molecular flexibility index (Phi) is 4.21. The van der Waals surface area contributed by atoms with Crippen molar-refractivity contribution >= 4 is 5.78 Å². The van der Waals surface area contributed by atoms with Crippen molar-refractivity contribution in [1.82, 2.24) is 0 Å². The first kappa shape index (κ1) is 13.0.